The van der Waals surface area contributed by atoms with Gasteiger partial charge in [0.1, 0.15) is 5.82 Å². The first-order valence-corrected chi connectivity index (χ1v) is 7.71. The Balaban J connectivity index is 2.14. The van der Waals surface area contributed by atoms with Crippen LogP contribution in [0.1, 0.15) is 40.7 Å². The fourth-order valence-electron chi connectivity index (χ4n) is 2.53. The van der Waals surface area contributed by atoms with Gasteiger partial charge in [-0.3, -0.25) is 14.9 Å². The summed E-state index contributed by atoms with van der Waals surface area (Å²) in [6, 6.07) is 11.9. The molecule has 0 aliphatic heterocycles. The van der Waals surface area contributed by atoms with Gasteiger partial charge in [0.15, 0.2) is 0 Å². The molecule has 0 saturated heterocycles. The normalized spacial score (nSPS) is 11.8. The Hall–Kier alpha value is -2.76. The molecule has 0 bridgehead atoms. The number of halogens is 1. The van der Waals surface area contributed by atoms with E-state index in [1.165, 1.54) is 6.92 Å². The van der Waals surface area contributed by atoms with E-state index in [1.54, 1.807) is 0 Å². The first-order valence-electron chi connectivity index (χ1n) is 7.71. The molecular formula is C18H19FN2O3. The van der Waals surface area contributed by atoms with Crippen LogP contribution in [0.25, 0.3) is 0 Å². The van der Waals surface area contributed by atoms with Gasteiger partial charge in [-0.1, -0.05) is 37.3 Å². The minimum atomic E-state index is -0.760. The minimum absolute atomic E-state index is 0.0484. The summed E-state index contributed by atoms with van der Waals surface area (Å²) in [6.45, 7) is 3.71. The van der Waals surface area contributed by atoms with E-state index in [0.29, 0.717) is 6.54 Å². The smallest absolute Gasteiger partial charge is 0.276 e. The van der Waals surface area contributed by atoms with E-state index in [-0.39, 0.29) is 17.0 Å². The number of hydrogen-bond donors (Lipinski definition) is 1. The molecule has 2 aromatic carbocycles. The number of nitrogens with zero attached hydrogens (tertiary/aromatic N) is 1. The molecule has 1 unspecified atom stereocenters. The largest absolute Gasteiger partial charge is 0.351 e. The number of nitrogens with one attached hydrogen (secondary N) is 1. The Morgan fingerprint density at radius 3 is 2.54 bits per heavy atom. The van der Waals surface area contributed by atoms with E-state index in [9.17, 15) is 19.3 Å². The van der Waals surface area contributed by atoms with Gasteiger partial charge in [-0.05, 0) is 25.0 Å². The monoisotopic (exact) mass is 330 g/mol. The van der Waals surface area contributed by atoms with Crippen LogP contribution in [0.5, 0.6) is 0 Å². The lowest BCUT2D eigenvalue weighted by Gasteiger charge is -2.16. The van der Waals surface area contributed by atoms with Crippen molar-refractivity contribution in [1.29, 1.82) is 0 Å². The van der Waals surface area contributed by atoms with E-state index >= 15 is 0 Å². The fourth-order valence-corrected chi connectivity index (χ4v) is 2.53. The molecule has 126 valence electrons. The molecule has 0 radical (unpaired) electrons. The Morgan fingerprint density at radius 1 is 1.29 bits per heavy atom. The lowest BCUT2D eigenvalue weighted by Crippen LogP contribution is -2.28. The van der Waals surface area contributed by atoms with Crippen LogP contribution in [-0.2, 0) is 0 Å². The maximum absolute atomic E-state index is 13.8. The summed E-state index contributed by atoms with van der Waals surface area (Å²) in [4.78, 5) is 22.5. The van der Waals surface area contributed by atoms with Gasteiger partial charge < -0.3 is 5.32 Å². The summed E-state index contributed by atoms with van der Waals surface area (Å²) >= 11 is 0. The molecule has 0 aliphatic carbocycles. The number of carbonyl (C=O) groups is 1. The molecule has 2 aromatic rings. The fraction of sp³-hybridized carbons (Fsp3) is 0.278. The third-order valence-electron chi connectivity index (χ3n) is 4.05. The Bertz CT molecular complexity index is 747. The van der Waals surface area contributed by atoms with Crippen LogP contribution in [0.4, 0.5) is 10.1 Å². The zero-order chi connectivity index (χ0) is 17.7. The van der Waals surface area contributed by atoms with E-state index in [2.05, 4.69) is 5.32 Å². The van der Waals surface area contributed by atoms with Gasteiger partial charge in [-0.2, -0.15) is 0 Å². The average Bonchev–Trinajstić information content (AvgIpc) is 2.58. The molecule has 1 amide bonds. The zero-order valence-electron chi connectivity index (χ0n) is 13.6. The minimum Gasteiger partial charge on any atom is -0.351 e. The van der Waals surface area contributed by atoms with Crippen LogP contribution >= 0.6 is 0 Å². The summed E-state index contributed by atoms with van der Waals surface area (Å²) < 4.78 is 13.8. The van der Waals surface area contributed by atoms with Gasteiger partial charge in [-0.25, -0.2) is 4.39 Å². The van der Waals surface area contributed by atoms with E-state index in [0.717, 1.165) is 24.1 Å². The Kier molecular flexibility index (Phi) is 5.63. The van der Waals surface area contributed by atoms with Crippen LogP contribution < -0.4 is 5.32 Å². The third-order valence-corrected chi connectivity index (χ3v) is 4.05. The quantitative estimate of drug-likeness (QED) is 0.643. The standard InChI is InChI=1S/C18H19FN2O3/c1-3-13(14-7-5-4-6-8-14)11-20-18(22)15-9-16(19)12(2)17(10-15)21(23)24/h4-10,13H,3,11H2,1-2H3,(H,20,22). The second-order valence-corrected chi connectivity index (χ2v) is 5.59. The van der Waals surface area contributed by atoms with Crippen molar-refractivity contribution in [3.8, 4) is 0 Å². The molecule has 0 spiro atoms. The first kappa shape index (κ1) is 17.6. The highest BCUT2D eigenvalue weighted by Crippen LogP contribution is 2.23. The summed E-state index contributed by atoms with van der Waals surface area (Å²) in [6.07, 6.45) is 0.826. The topological polar surface area (TPSA) is 72.2 Å². The number of benzene rings is 2. The van der Waals surface area contributed by atoms with Crippen molar-refractivity contribution in [1.82, 2.24) is 5.32 Å². The van der Waals surface area contributed by atoms with E-state index in [1.807, 2.05) is 37.3 Å². The molecule has 2 rings (SSSR count). The molecule has 0 aromatic heterocycles. The van der Waals surface area contributed by atoms with Crippen molar-refractivity contribution >= 4 is 11.6 Å². The van der Waals surface area contributed by atoms with Crippen LogP contribution in [0, 0.1) is 22.9 Å². The van der Waals surface area contributed by atoms with Gasteiger partial charge in [0, 0.05) is 24.1 Å². The van der Waals surface area contributed by atoms with Crippen molar-refractivity contribution in [3.63, 3.8) is 0 Å². The van der Waals surface area contributed by atoms with E-state index < -0.39 is 22.3 Å². The zero-order valence-corrected chi connectivity index (χ0v) is 13.6. The number of amides is 1. The van der Waals surface area contributed by atoms with Crippen molar-refractivity contribution in [3.05, 3.63) is 75.1 Å². The first-order chi connectivity index (χ1) is 11.4. The van der Waals surface area contributed by atoms with Gasteiger partial charge in [0.05, 0.1) is 10.5 Å². The lowest BCUT2D eigenvalue weighted by atomic mass is 9.96. The van der Waals surface area contributed by atoms with E-state index in [4.69, 9.17) is 0 Å². The van der Waals surface area contributed by atoms with Gasteiger partial charge >= 0.3 is 0 Å². The van der Waals surface area contributed by atoms with Crippen molar-refractivity contribution in [2.75, 3.05) is 6.54 Å². The second-order valence-electron chi connectivity index (χ2n) is 5.59. The van der Waals surface area contributed by atoms with Crippen molar-refractivity contribution in [2.45, 2.75) is 26.2 Å². The summed E-state index contributed by atoms with van der Waals surface area (Å²) in [5.41, 5.74) is 0.580. The number of hydrogen-bond acceptors (Lipinski definition) is 3. The summed E-state index contributed by atoms with van der Waals surface area (Å²) in [5, 5.41) is 13.7. The SMILES string of the molecule is CCC(CNC(=O)c1cc(F)c(C)c([N+](=O)[O-])c1)c1ccccc1. The van der Waals surface area contributed by atoms with Gasteiger partial charge in [-0.15, -0.1) is 0 Å². The van der Waals surface area contributed by atoms with Crippen molar-refractivity contribution in [2.24, 2.45) is 0 Å². The van der Waals surface area contributed by atoms with Crippen LogP contribution in [0.15, 0.2) is 42.5 Å². The van der Waals surface area contributed by atoms with Crippen molar-refractivity contribution < 1.29 is 14.1 Å². The molecule has 6 heteroatoms. The van der Waals surface area contributed by atoms with Crippen LogP contribution in [0.2, 0.25) is 0 Å². The maximum atomic E-state index is 13.8. The molecular weight excluding hydrogens is 311 g/mol. The van der Waals surface area contributed by atoms with Crippen LogP contribution in [0.3, 0.4) is 0 Å². The third kappa shape index (κ3) is 3.95. The molecule has 0 aliphatic rings. The predicted octanol–water partition coefficient (Wildman–Crippen LogP) is 3.97. The number of nitro benzene ring substituents is 1. The molecule has 1 atom stereocenters. The number of rotatable bonds is 6. The Labute approximate surface area is 139 Å². The molecule has 0 heterocycles. The highest BCUT2D eigenvalue weighted by molar-refractivity contribution is 5.95. The maximum Gasteiger partial charge on any atom is 0.276 e. The molecule has 0 saturated carbocycles. The average molecular weight is 330 g/mol. The molecule has 1 N–H and O–H groups in total. The molecule has 0 fully saturated rings. The summed E-state index contributed by atoms with van der Waals surface area (Å²) in [7, 11) is 0. The molecule has 24 heavy (non-hydrogen) atoms. The van der Waals surface area contributed by atoms with Crippen LogP contribution in [-0.4, -0.2) is 17.4 Å². The predicted molar refractivity (Wildman–Crippen MR) is 89.6 cm³/mol. The summed E-state index contributed by atoms with van der Waals surface area (Å²) in [5.74, 6) is -1.16. The molecule has 5 nitrogen and oxygen atoms in total. The second kappa shape index (κ2) is 7.68. The van der Waals surface area contributed by atoms with Gasteiger partial charge in [0.25, 0.3) is 11.6 Å². The van der Waals surface area contributed by atoms with Gasteiger partial charge in [0.2, 0.25) is 0 Å². The highest BCUT2D eigenvalue weighted by Gasteiger charge is 2.20. The lowest BCUT2D eigenvalue weighted by molar-refractivity contribution is -0.385. The Morgan fingerprint density at radius 2 is 1.96 bits per heavy atom. The number of carbonyl (C=O) groups excluding carboxylic acids is 1. The number of nitro groups is 1. The highest BCUT2D eigenvalue weighted by atomic mass is 19.1.